The van der Waals surface area contributed by atoms with Crippen LogP contribution < -0.4 is 11.5 Å². The number of halogens is 1. The number of fused-ring (bicyclic) bond motifs is 1. The van der Waals surface area contributed by atoms with Gasteiger partial charge >= 0.3 is 0 Å². The predicted molar refractivity (Wildman–Crippen MR) is 72.4 cm³/mol. The van der Waals surface area contributed by atoms with Gasteiger partial charge in [0, 0.05) is 6.54 Å². The maximum absolute atomic E-state index is 10.1. The summed E-state index contributed by atoms with van der Waals surface area (Å²) in [5.74, 6) is 0.220. The normalized spacial score (nSPS) is 30.2. The van der Waals surface area contributed by atoms with Crippen LogP contribution >= 0.6 is 15.9 Å². The van der Waals surface area contributed by atoms with Crippen molar-refractivity contribution in [3.8, 4) is 0 Å². The minimum Gasteiger partial charge on any atom is -0.387 e. The van der Waals surface area contributed by atoms with Crippen molar-refractivity contribution in [2.45, 2.75) is 24.5 Å². The van der Waals surface area contributed by atoms with Gasteiger partial charge in [0.05, 0.1) is 0 Å². The standard InChI is InChI=1S/C10H13BrN6O3/c11-10-16-4-7(13)14-2-15-8(4)17(10)9-6(19)5(18)3(1-12)20-9/h2-3,5-6,9,18-19H,1,12H2,(H2,13,14,15)/t3-,5+,6+,9-/m1/s1. The number of imidazole rings is 1. The number of nitrogens with two attached hydrogens (primary N) is 2. The number of hydrogen-bond acceptors (Lipinski definition) is 8. The lowest BCUT2D eigenvalue weighted by Crippen LogP contribution is -2.35. The zero-order chi connectivity index (χ0) is 14.4. The topological polar surface area (TPSA) is 145 Å². The maximum Gasteiger partial charge on any atom is 0.181 e. The third-order valence-electron chi connectivity index (χ3n) is 3.29. The first-order chi connectivity index (χ1) is 9.54. The molecule has 1 aliphatic heterocycles. The molecule has 2 aromatic rings. The molecular formula is C10H13BrN6O3. The molecule has 20 heavy (non-hydrogen) atoms. The summed E-state index contributed by atoms with van der Waals surface area (Å²) in [5, 5.41) is 20.0. The van der Waals surface area contributed by atoms with Crippen LogP contribution in [0.25, 0.3) is 11.2 Å². The number of rotatable bonds is 2. The number of anilines is 1. The number of aromatic nitrogens is 4. The Balaban J connectivity index is 2.11. The highest BCUT2D eigenvalue weighted by atomic mass is 79.9. The van der Waals surface area contributed by atoms with E-state index in [1.807, 2.05) is 0 Å². The van der Waals surface area contributed by atoms with Crippen molar-refractivity contribution in [1.29, 1.82) is 0 Å². The molecule has 0 aliphatic carbocycles. The van der Waals surface area contributed by atoms with Crippen LogP contribution in [0.1, 0.15) is 6.23 Å². The second-order valence-electron chi connectivity index (χ2n) is 4.46. The average molecular weight is 345 g/mol. The Morgan fingerprint density at radius 1 is 1.35 bits per heavy atom. The van der Waals surface area contributed by atoms with E-state index < -0.39 is 24.5 Å². The summed E-state index contributed by atoms with van der Waals surface area (Å²) in [6.07, 6.45) is -2.44. The van der Waals surface area contributed by atoms with Gasteiger partial charge in [0.25, 0.3) is 0 Å². The van der Waals surface area contributed by atoms with Crippen LogP contribution in [0.4, 0.5) is 5.82 Å². The summed E-state index contributed by atoms with van der Waals surface area (Å²) in [7, 11) is 0. The molecule has 4 atom stereocenters. The molecule has 0 amide bonds. The summed E-state index contributed by atoms with van der Waals surface area (Å²) >= 11 is 3.27. The lowest BCUT2D eigenvalue weighted by molar-refractivity contribution is -0.0335. The van der Waals surface area contributed by atoms with E-state index in [2.05, 4.69) is 30.9 Å². The van der Waals surface area contributed by atoms with Crippen molar-refractivity contribution < 1.29 is 14.9 Å². The van der Waals surface area contributed by atoms with Crippen molar-refractivity contribution >= 4 is 32.9 Å². The fourth-order valence-corrected chi connectivity index (χ4v) is 2.81. The summed E-state index contributed by atoms with van der Waals surface area (Å²) in [6.45, 7) is 0.0934. The Kier molecular flexibility index (Phi) is 3.34. The van der Waals surface area contributed by atoms with E-state index in [-0.39, 0.29) is 12.4 Å². The Morgan fingerprint density at radius 3 is 2.75 bits per heavy atom. The fourth-order valence-electron chi connectivity index (χ4n) is 2.26. The van der Waals surface area contributed by atoms with Crippen molar-refractivity contribution in [3.05, 3.63) is 11.1 Å². The van der Waals surface area contributed by atoms with Crippen LogP contribution in [-0.2, 0) is 4.74 Å². The molecule has 3 heterocycles. The van der Waals surface area contributed by atoms with Crippen LogP contribution in [0.5, 0.6) is 0 Å². The van der Waals surface area contributed by atoms with Crippen LogP contribution in [-0.4, -0.2) is 54.6 Å². The third-order valence-corrected chi connectivity index (χ3v) is 3.85. The number of aliphatic hydroxyl groups excluding tert-OH is 2. The molecule has 3 rings (SSSR count). The van der Waals surface area contributed by atoms with E-state index in [1.54, 1.807) is 0 Å². The molecule has 0 bridgehead atoms. The molecule has 108 valence electrons. The zero-order valence-corrected chi connectivity index (χ0v) is 11.8. The fraction of sp³-hybridized carbons (Fsp3) is 0.500. The molecule has 0 radical (unpaired) electrons. The number of nitrogens with zero attached hydrogens (tertiary/aromatic N) is 4. The van der Waals surface area contributed by atoms with Gasteiger partial charge in [-0.3, -0.25) is 4.57 Å². The molecule has 0 spiro atoms. The molecule has 10 heteroatoms. The van der Waals surface area contributed by atoms with Crippen LogP contribution in [0, 0.1) is 0 Å². The van der Waals surface area contributed by atoms with Crippen molar-refractivity contribution in [2.24, 2.45) is 5.73 Å². The van der Waals surface area contributed by atoms with Gasteiger partial charge in [0.1, 0.15) is 24.6 Å². The van der Waals surface area contributed by atoms with Crippen LogP contribution in [0.2, 0.25) is 0 Å². The van der Waals surface area contributed by atoms with E-state index in [1.165, 1.54) is 10.9 Å². The number of hydrogen-bond donors (Lipinski definition) is 4. The molecule has 0 unspecified atom stereocenters. The summed E-state index contributed by atoms with van der Waals surface area (Å²) < 4.78 is 7.45. The Labute approximate surface area is 121 Å². The van der Waals surface area contributed by atoms with Crippen molar-refractivity contribution in [2.75, 3.05) is 12.3 Å². The van der Waals surface area contributed by atoms with Crippen molar-refractivity contribution in [1.82, 2.24) is 19.5 Å². The Bertz CT molecular complexity index is 649. The van der Waals surface area contributed by atoms with Gasteiger partial charge in [0.15, 0.2) is 27.9 Å². The van der Waals surface area contributed by atoms with Gasteiger partial charge in [-0.2, -0.15) is 0 Å². The van der Waals surface area contributed by atoms with Crippen LogP contribution in [0.3, 0.4) is 0 Å². The maximum atomic E-state index is 10.1. The predicted octanol–water partition coefficient (Wildman–Crippen LogP) is -1.25. The summed E-state index contributed by atoms with van der Waals surface area (Å²) in [5.41, 5.74) is 12.0. The van der Waals surface area contributed by atoms with E-state index in [0.29, 0.717) is 15.9 Å². The number of aliphatic hydroxyl groups is 2. The van der Waals surface area contributed by atoms with Gasteiger partial charge in [-0.1, -0.05) is 0 Å². The number of ether oxygens (including phenoxy) is 1. The monoisotopic (exact) mass is 344 g/mol. The Hall–Kier alpha value is -1.33. The highest BCUT2D eigenvalue weighted by molar-refractivity contribution is 9.10. The SMILES string of the molecule is NC[C@H]1O[C@@H](n2c(Br)nc3c(N)ncnc32)[C@@H](O)[C@H]1O. The molecule has 2 aromatic heterocycles. The molecule has 9 nitrogen and oxygen atoms in total. The van der Waals surface area contributed by atoms with Gasteiger partial charge in [-0.25, -0.2) is 15.0 Å². The van der Waals surface area contributed by atoms with Crippen molar-refractivity contribution in [3.63, 3.8) is 0 Å². The van der Waals surface area contributed by atoms with Gasteiger partial charge < -0.3 is 26.4 Å². The zero-order valence-electron chi connectivity index (χ0n) is 10.2. The smallest absolute Gasteiger partial charge is 0.181 e. The first kappa shape index (κ1) is 13.6. The summed E-state index contributed by atoms with van der Waals surface area (Å²) in [6, 6.07) is 0. The second-order valence-corrected chi connectivity index (χ2v) is 5.17. The third kappa shape index (κ3) is 1.88. The van der Waals surface area contributed by atoms with E-state index in [9.17, 15) is 10.2 Å². The lowest BCUT2D eigenvalue weighted by Gasteiger charge is -2.17. The minimum absolute atomic E-state index is 0.0934. The van der Waals surface area contributed by atoms with Gasteiger partial charge in [-0.15, -0.1) is 0 Å². The van der Waals surface area contributed by atoms with Crippen LogP contribution in [0.15, 0.2) is 11.1 Å². The second kappa shape index (κ2) is 4.90. The van der Waals surface area contributed by atoms with Gasteiger partial charge in [-0.05, 0) is 15.9 Å². The molecule has 0 aromatic carbocycles. The largest absolute Gasteiger partial charge is 0.387 e. The van der Waals surface area contributed by atoms with E-state index >= 15 is 0 Å². The Morgan fingerprint density at radius 2 is 2.10 bits per heavy atom. The molecule has 6 N–H and O–H groups in total. The summed E-state index contributed by atoms with van der Waals surface area (Å²) in [4.78, 5) is 12.1. The average Bonchev–Trinajstić information content (AvgIpc) is 2.90. The molecule has 1 aliphatic rings. The minimum atomic E-state index is -1.14. The highest BCUT2D eigenvalue weighted by Gasteiger charge is 2.44. The quantitative estimate of drug-likeness (QED) is 0.494. The lowest BCUT2D eigenvalue weighted by atomic mass is 10.1. The number of nitrogen functional groups attached to an aromatic ring is 1. The molecule has 1 saturated heterocycles. The molecular weight excluding hydrogens is 332 g/mol. The highest BCUT2D eigenvalue weighted by Crippen LogP contribution is 2.34. The molecule has 1 fully saturated rings. The first-order valence-corrected chi connectivity index (χ1v) is 6.69. The first-order valence-electron chi connectivity index (χ1n) is 5.90. The molecule has 0 saturated carbocycles. The van der Waals surface area contributed by atoms with E-state index in [4.69, 9.17) is 16.2 Å². The van der Waals surface area contributed by atoms with Gasteiger partial charge in [0.2, 0.25) is 0 Å². The van der Waals surface area contributed by atoms with E-state index in [0.717, 1.165) is 0 Å².